The molecule has 1 rings (SSSR count). The van der Waals surface area contributed by atoms with E-state index in [-0.39, 0.29) is 18.6 Å². The van der Waals surface area contributed by atoms with Crippen LogP contribution in [-0.4, -0.2) is 36.6 Å². The highest BCUT2D eigenvalue weighted by Gasteiger charge is 2.62. The van der Waals surface area contributed by atoms with Crippen LogP contribution in [0.2, 0.25) is 0 Å². The van der Waals surface area contributed by atoms with Gasteiger partial charge in [-0.25, -0.2) is 0 Å². The van der Waals surface area contributed by atoms with E-state index in [9.17, 15) is 9.59 Å². The first kappa shape index (κ1) is 13.9. The minimum Gasteiger partial charge on any atom is -0.378 e. The number of carbonyl (C=O) groups is 2. The van der Waals surface area contributed by atoms with E-state index in [1.54, 1.807) is 0 Å². The number of nitrogens with two attached hydrogens (primary N) is 2. The van der Waals surface area contributed by atoms with E-state index < -0.39 is 16.9 Å². The Morgan fingerprint density at radius 1 is 1.47 bits per heavy atom. The number of hydrogen-bond donors (Lipinski definition) is 3. The normalized spacial score (nSPS) is 30.5. The number of carbonyl (C=O) groups excluding carboxylic acids is 2. The first-order valence-electron chi connectivity index (χ1n) is 5.72. The van der Waals surface area contributed by atoms with E-state index in [1.165, 1.54) is 0 Å². The summed E-state index contributed by atoms with van der Waals surface area (Å²) in [5.74, 6) is -0.933. The smallest absolute Gasteiger partial charge is 0.241 e. The van der Waals surface area contributed by atoms with Gasteiger partial charge >= 0.3 is 0 Å². The third-order valence-corrected chi connectivity index (χ3v) is 3.66. The molecule has 0 bridgehead atoms. The summed E-state index contributed by atoms with van der Waals surface area (Å²) in [7, 11) is 0. The fourth-order valence-electron chi connectivity index (χ4n) is 2.15. The third kappa shape index (κ3) is 2.28. The highest BCUT2D eigenvalue weighted by molar-refractivity contribution is 5.91. The summed E-state index contributed by atoms with van der Waals surface area (Å²) < 4.78 is 5.51. The predicted octanol–water partition coefficient (Wildman–Crippen LogP) is -0.880. The summed E-state index contributed by atoms with van der Waals surface area (Å²) in [4.78, 5) is 22.5. The fraction of sp³-hybridized carbons (Fsp3) is 0.818. The lowest BCUT2D eigenvalue weighted by Gasteiger charge is -2.57. The second-order valence-corrected chi connectivity index (χ2v) is 4.99. The van der Waals surface area contributed by atoms with Gasteiger partial charge in [-0.05, 0) is 6.92 Å². The minimum atomic E-state index is -0.998. The largest absolute Gasteiger partial charge is 0.378 e. The highest BCUT2D eigenvalue weighted by Crippen LogP contribution is 2.49. The molecule has 5 N–H and O–H groups in total. The maximum absolute atomic E-state index is 11.9. The standard InChI is InChI=1S/C11H21N3O3/c1-4-17-7-5-11(13,10(7,2)3)9(16)14-6-8(12)15/h7H,4-6,13H2,1-3H3,(H2,12,15)(H,14,16). The zero-order valence-electron chi connectivity index (χ0n) is 10.6. The molecule has 2 unspecified atom stereocenters. The van der Waals surface area contributed by atoms with Crippen LogP contribution in [0.3, 0.4) is 0 Å². The molecule has 1 aliphatic carbocycles. The Kier molecular flexibility index (Phi) is 3.78. The molecule has 2 atom stereocenters. The summed E-state index contributed by atoms with van der Waals surface area (Å²) in [5, 5.41) is 2.45. The number of rotatable bonds is 5. The summed E-state index contributed by atoms with van der Waals surface area (Å²) >= 11 is 0. The molecule has 0 aromatic carbocycles. The van der Waals surface area contributed by atoms with Gasteiger partial charge in [-0.15, -0.1) is 0 Å². The number of ether oxygens (including phenoxy) is 1. The number of amides is 2. The first-order chi connectivity index (χ1) is 7.75. The van der Waals surface area contributed by atoms with Crippen molar-refractivity contribution >= 4 is 11.8 Å². The molecule has 0 aliphatic heterocycles. The third-order valence-electron chi connectivity index (χ3n) is 3.66. The Balaban J connectivity index is 2.65. The zero-order chi connectivity index (χ0) is 13.3. The molecule has 6 heteroatoms. The Bertz CT molecular complexity index is 330. The van der Waals surface area contributed by atoms with Crippen LogP contribution in [0, 0.1) is 5.41 Å². The number of nitrogens with one attached hydrogen (secondary N) is 1. The maximum atomic E-state index is 11.9. The van der Waals surface area contributed by atoms with Crippen molar-refractivity contribution in [3.05, 3.63) is 0 Å². The summed E-state index contributed by atoms with van der Waals surface area (Å²) in [6.45, 7) is 6.08. The molecule has 0 aromatic heterocycles. The Hall–Kier alpha value is -1.14. The van der Waals surface area contributed by atoms with Gasteiger partial charge in [0.25, 0.3) is 0 Å². The van der Waals surface area contributed by atoms with Crippen molar-refractivity contribution in [1.82, 2.24) is 5.32 Å². The van der Waals surface area contributed by atoms with E-state index in [0.29, 0.717) is 13.0 Å². The van der Waals surface area contributed by atoms with Gasteiger partial charge in [0, 0.05) is 18.4 Å². The molecule has 0 radical (unpaired) electrons. The second kappa shape index (κ2) is 4.62. The topological polar surface area (TPSA) is 107 Å². The van der Waals surface area contributed by atoms with Crippen LogP contribution in [0.4, 0.5) is 0 Å². The lowest BCUT2D eigenvalue weighted by Crippen LogP contribution is -2.76. The van der Waals surface area contributed by atoms with E-state index in [2.05, 4.69) is 5.32 Å². The maximum Gasteiger partial charge on any atom is 0.241 e. The van der Waals surface area contributed by atoms with Crippen molar-refractivity contribution < 1.29 is 14.3 Å². The molecule has 0 aromatic rings. The highest BCUT2D eigenvalue weighted by atomic mass is 16.5. The van der Waals surface area contributed by atoms with Gasteiger partial charge in [0.1, 0.15) is 5.54 Å². The Morgan fingerprint density at radius 2 is 2.06 bits per heavy atom. The average Bonchev–Trinajstić information content (AvgIpc) is 2.25. The molecule has 2 amide bonds. The number of hydrogen-bond acceptors (Lipinski definition) is 4. The van der Waals surface area contributed by atoms with Gasteiger partial charge in [-0.3, -0.25) is 9.59 Å². The van der Waals surface area contributed by atoms with Crippen LogP contribution in [0.15, 0.2) is 0 Å². The van der Waals surface area contributed by atoms with Crippen LogP contribution in [0.1, 0.15) is 27.2 Å². The second-order valence-electron chi connectivity index (χ2n) is 4.99. The molecule has 1 aliphatic rings. The van der Waals surface area contributed by atoms with Gasteiger partial charge in [0.15, 0.2) is 0 Å². The van der Waals surface area contributed by atoms with Crippen molar-refractivity contribution in [3.63, 3.8) is 0 Å². The molecule has 1 fully saturated rings. The zero-order valence-corrected chi connectivity index (χ0v) is 10.6. The van der Waals surface area contributed by atoms with Gasteiger partial charge in [0.05, 0.1) is 12.6 Å². The van der Waals surface area contributed by atoms with Crippen molar-refractivity contribution in [1.29, 1.82) is 0 Å². The molecule has 1 saturated carbocycles. The quantitative estimate of drug-likeness (QED) is 0.582. The summed E-state index contributed by atoms with van der Waals surface area (Å²) in [6, 6.07) is 0. The van der Waals surface area contributed by atoms with E-state index in [4.69, 9.17) is 16.2 Å². The van der Waals surface area contributed by atoms with Crippen LogP contribution in [-0.2, 0) is 14.3 Å². The lowest BCUT2D eigenvalue weighted by atomic mass is 9.54. The van der Waals surface area contributed by atoms with E-state index in [0.717, 1.165) is 0 Å². The van der Waals surface area contributed by atoms with Crippen molar-refractivity contribution in [2.75, 3.05) is 13.2 Å². The van der Waals surface area contributed by atoms with Crippen LogP contribution in [0.25, 0.3) is 0 Å². The van der Waals surface area contributed by atoms with Gasteiger partial charge < -0.3 is 21.5 Å². The molecule has 6 nitrogen and oxygen atoms in total. The fourth-order valence-corrected chi connectivity index (χ4v) is 2.15. The van der Waals surface area contributed by atoms with Crippen molar-refractivity contribution in [2.24, 2.45) is 16.9 Å². The van der Waals surface area contributed by atoms with Crippen LogP contribution in [0.5, 0.6) is 0 Å². The van der Waals surface area contributed by atoms with Crippen LogP contribution < -0.4 is 16.8 Å². The van der Waals surface area contributed by atoms with Gasteiger partial charge in [-0.2, -0.15) is 0 Å². The molecule has 0 heterocycles. The SMILES string of the molecule is CCOC1CC(N)(C(=O)NCC(N)=O)C1(C)C. The monoisotopic (exact) mass is 243 g/mol. The average molecular weight is 243 g/mol. The molecule has 0 spiro atoms. The first-order valence-corrected chi connectivity index (χ1v) is 5.72. The lowest BCUT2D eigenvalue weighted by molar-refractivity contribution is -0.170. The summed E-state index contributed by atoms with van der Waals surface area (Å²) in [6.07, 6.45) is 0.426. The summed E-state index contributed by atoms with van der Waals surface area (Å²) in [5.41, 5.74) is 9.60. The molecular weight excluding hydrogens is 222 g/mol. The van der Waals surface area contributed by atoms with Crippen molar-refractivity contribution in [2.45, 2.75) is 38.8 Å². The minimum absolute atomic E-state index is 0.0307. The van der Waals surface area contributed by atoms with Gasteiger partial charge in [0.2, 0.25) is 11.8 Å². The molecule has 0 saturated heterocycles. The van der Waals surface area contributed by atoms with Gasteiger partial charge in [-0.1, -0.05) is 13.8 Å². The molecule has 98 valence electrons. The Labute approximate surface area is 101 Å². The van der Waals surface area contributed by atoms with E-state index >= 15 is 0 Å². The predicted molar refractivity (Wildman–Crippen MR) is 62.9 cm³/mol. The molecular formula is C11H21N3O3. The Morgan fingerprint density at radius 3 is 2.47 bits per heavy atom. The molecule has 17 heavy (non-hydrogen) atoms. The van der Waals surface area contributed by atoms with Crippen LogP contribution >= 0.6 is 0 Å². The number of primary amides is 1. The van der Waals surface area contributed by atoms with Crippen molar-refractivity contribution in [3.8, 4) is 0 Å². The van der Waals surface area contributed by atoms with E-state index in [1.807, 2.05) is 20.8 Å².